The molecule has 13 heteroatoms. The summed E-state index contributed by atoms with van der Waals surface area (Å²) in [6.45, 7) is 20.8. The van der Waals surface area contributed by atoms with E-state index in [0.717, 1.165) is 59.4 Å². The van der Waals surface area contributed by atoms with Gasteiger partial charge in [0.15, 0.2) is 12.0 Å². The normalized spacial score (nSPS) is 22.1. The SMILES string of the molecule is CCCC1(CCC)O[C@@H]2[C@H](O1)[C@@H](COP(OCCC#N)N(C(C)C)C(C)C)O[C@H]2n1cc(F)c(=O)n(C/C=C(\C)CC/C=C(\C)CCC=C(C)C)c1=O. The van der Waals surface area contributed by atoms with Gasteiger partial charge in [0, 0.05) is 31.5 Å². The molecule has 0 N–H and O–H groups in total. The molecule has 0 aromatic carbocycles. The van der Waals surface area contributed by atoms with E-state index in [2.05, 4.69) is 85.2 Å². The first kappa shape index (κ1) is 44.9. The van der Waals surface area contributed by atoms with Crippen LogP contribution in [0.1, 0.15) is 133 Å². The van der Waals surface area contributed by atoms with Crippen LogP contribution >= 0.6 is 8.53 Å². The van der Waals surface area contributed by atoms with Gasteiger partial charge in [-0.3, -0.25) is 13.9 Å². The number of nitrogens with zero attached hydrogens (tertiary/aromatic N) is 4. The van der Waals surface area contributed by atoms with E-state index in [0.29, 0.717) is 12.8 Å². The van der Waals surface area contributed by atoms with E-state index < -0.39 is 55.9 Å². The molecule has 2 aliphatic heterocycles. The van der Waals surface area contributed by atoms with Crippen molar-refractivity contribution in [2.24, 2.45) is 0 Å². The Morgan fingerprint density at radius 2 is 1.58 bits per heavy atom. The Kier molecular flexibility index (Phi) is 18.3. The number of aromatic nitrogens is 2. The minimum absolute atomic E-state index is 0.0468. The molecule has 11 nitrogen and oxygen atoms in total. The lowest BCUT2D eigenvalue weighted by molar-refractivity contribution is -0.226. The van der Waals surface area contributed by atoms with Crippen molar-refractivity contribution in [1.29, 1.82) is 5.26 Å². The summed E-state index contributed by atoms with van der Waals surface area (Å²) < 4.78 is 51.9. The third-order valence-electron chi connectivity index (χ3n) is 9.43. The predicted octanol–water partition coefficient (Wildman–Crippen LogP) is 8.84. The van der Waals surface area contributed by atoms with E-state index in [1.54, 1.807) is 6.08 Å². The van der Waals surface area contributed by atoms with Crippen molar-refractivity contribution in [2.75, 3.05) is 13.2 Å². The summed E-state index contributed by atoms with van der Waals surface area (Å²) in [4.78, 5) is 27.0. The van der Waals surface area contributed by atoms with Gasteiger partial charge in [0.2, 0.25) is 5.82 Å². The Morgan fingerprint density at radius 1 is 0.981 bits per heavy atom. The second kappa shape index (κ2) is 21.6. The average Bonchev–Trinajstić information content (AvgIpc) is 3.60. The lowest BCUT2D eigenvalue weighted by atomic mass is 10.1. The Bertz CT molecular complexity index is 1560. The number of allylic oxidation sites excluding steroid dienone is 6. The highest BCUT2D eigenvalue weighted by Crippen LogP contribution is 2.50. The van der Waals surface area contributed by atoms with Crippen LogP contribution in [-0.2, 0) is 29.8 Å². The first-order valence-corrected chi connectivity index (χ1v) is 20.5. The van der Waals surface area contributed by atoms with Crippen LogP contribution in [0.15, 0.2) is 50.7 Å². The molecule has 53 heavy (non-hydrogen) atoms. The van der Waals surface area contributed by atoms with Crippen LogP contribution in [-0.4, -0.2) is 63.2 Å². The summed E-state index contributed by atoms with van der Waals surface area (Å²) in [6, 6.07) is 2.31. The zero-order chi connectivity index (χ0) is 39.3. The molecule has 2 aliphatic rings. The first-order chi connectivity index (χ1) is 25.2. The molecular weight excluding hydrogens is 698 g/mol. The number of rotatable bonds is 22. The minimum Gasteiger partial charge on any atom is -0.346 e. The lowest BCUT2D eigenvalue weighted by Crippen LogP contribution is -2.44. The zero-order valence-electron chi connectivity index (χ0n) is 33.7. The quantitative estimate of drug-likeness (QED) is 0.0649. The van der Waals surface area contributed by atoms with Gasteiger partial charge in [-0.25, -0.2) is 9.46 Å². The maximum Gasteiger partial charge on any atom is 0.333 e. The van der Waals surface area contributed by atoms with Crippen molar-refractivity contribution in [3.05, 3.63) is 67.8 Å². The van der Waals surface area contributed by atoms with Gasteiger partial charge in [-0.15, -0.1) is 0 Å². The van der Waals surface area contributed by atoms with E-state index in [4.69, 9.17) is 28.5 Å². The monoisotopic (exact) mass is 762 g/mol. The topological polar surface area (TPSA) is 117 Å². The molecule has 3 heterocycles. The Hall–Kier alpha value is -2.49. The molecule has 0 aliphatic carbocycles. The summed E-state index contributed by atoms with van der Waals surface area (Å²) in [5.74, 6) is -1.96. The number of halogens is 1. The smallest absolute Gasteiger partial charge is 0.333 e. The first-order valence-electron chi connectivity index (χ1n) is 19.4. The van der Waals surface area contributed by atoms with Crippen LogP contribution in [0.2, 0.25) is 0 Å². The second-order valence-electron chi connectivity index (χ2n) is 15.0. The number of hydrogen-bond acceptors (Lipinski definition) is 9. The van der Waals surface area contributed by atoms with Gasteiger partial charge < -0.3 is 23.3 Å². The average molecular weight is 763 g/mol. The van der Waals surface area contributed by atoms with Gasteiger partial charge in [-0.2, -0.15) is 9.65 Å². The van der Waals surface area contributed by atoms with Crippen LogP contribution in [0.3, 0.4) is 0 Å². The van der Waals surface area contributed by atoms with Gasteiger partial charge in [0.05, 0.1) is 31.9 Å². The summed E-state index contributed by atoms with van der Waals surface area (Å²) in [5.41, 5.74) is 1.94. The molecule has 1 aromatic rings. The van der Waals surface area contributed by atoms with Crippen LogP contribution in [0.5, 0.6) is 0 Å². The fraction of sp³-hybridized carbons (Fsp3) is 0.725. The molecule has 1 unspecified atom stereocenters. The highest BCUT2D eigenvalue weighted by molar-refractivity contribution is 7.44. The van der Waals surface area contributed by atoms with E-state index in [-0.39, 0.29) is 38.3 Å². The van der Waals surface area contributed by atoms with Gasteiger partial charge >= 0.3 is 5.69 Å². The lowest BCUT2D eigenvalue weighted by Gasteiger charge is -2.36. The highest BCUT2D eigenvalue weighted by Gasteiger charge is 2.58. The van der Waals surface area contributed by atoms with E-state index in [9.17, 15) is 9.59 Å². The van der Waals surface area contributed by atoms with Crippen molar-refractivity contribution in [3.8, 4) is 6.07 Å². The third kappa shape index (κ3) is 12.5. The molecule has 2 fully saturated rings. The van der Waals surface area contributed by atoms with Crippen molar-refractivity contribution < 1.29 is 27.6 Å². The van der Waals surface area contributed by atoms with Crippen molar-refractivity contribution in [1.82, 2.24) is 13.8 Å². The van der Waals surface area contributed by atoms with Crippen LogP contribution in [0, 0.1) is 17.1 Å². The van der Waals surface area contributed by atoms with E-state index >= 15 is 4.39 Å². The van der Waals surface area contributed by atoms with Gasteiger partial charge in [-0.1, -0.05) is 61.6 Å². The fourth-order valence-corrected chi connectivity index (χ4v) is 8.57. The van der Waals surface area contributed by atoms with Crippen molar-refractivity contribution >= 4 is 8.53 Å². The summed E-state index contributed by atoms with van der Waals surface area (Å²) in [5, 5.41) is 9.13. The van der Waals surface area contributed by atoms with Crippen LogP contribution in [0.25, 0.3) is 0 Å². The summed E-state index contributed by atoms with van der Waals surface area (Å²) in [6.07, 6.45) is 10.7. The fourth-order valence-electron chi connectivity index (χ4n) is 6.95. The molecule has 3 rings (SSSR count). The molecule has 5 atom stereocenters. The van der Waals surface area contributed by atoms with Gasteiger partial charge in [0.25, 0.3) is 14.1 Å². The molecule has 298 valence electrons. The molecule has 0 saturated carbocycles. The van der Waals surface area contributed by atoms with Gasteiger partial charge in [-0.05, 0) is 81.1 Å². The highest BCUT2D eigenvalue weighted by atomic mass is 31.2. The summed E-state index contributed by atoms with van der Waals surface area (Å²) in [7, 11) is -1.58. The number of nitriles is 1. The minimum atomic E-state index is -1.58. The molecule has 0 bridgehead atoms. The molecule has 1 aromatic heterocycles. The standard InChI is InChI=1S/C40H64FN4O7P/c1-11-21-40(22-12-2)51-35-34(27-49-53(48-25-15-23-42)45(29(5)6)30(7)8)50-38(36(35)52-40)44-26-33(41)37(46)43(39(44)47)24-20-32(10)19-14-18-31(9)17-13-16-28(3)4/h16,18,20,26,29-30,34-36,38H,11-15,17,19,21-22,24-25,27H2,1-10H3/b31-18+,32-20+/t34-,35-,36-,38-,53?/m1/s1. The van der Waals surface area contributed by atoms with E-state index in [1.807, 2.05) is 6.92 Å². The van der Waals surface area contributed by atoms with E-state index in [1.165, 1.54) is 11.1 Å². The number of fused-ring (bicyclic) bond motifs is 1. The molecule has 0 radical (unpaired) electrons. The van der Waals surface area contributed by atoms with Crippen molar-refractivity contribution in [3.63, 3.8) is 0 Å². The van der Waals surface area contributed by atoms with Crippen LogP contribution in [0.4, 0.5) is 4.39 Å². The summed E-state index contributed by atoms with van der Waals surface area (Å²) >= 11 is 0. The number of hydrogen-bond donors (Lipinski definition) is 0. The zero-order valence-corrected chi connectivity index (χ0v) is 34.6. The van der Waals surface area contributed by atoms with Gasteiger partial charge in [0.1, 0.15) is 18.3 Å². The Morgan fingerprint density at radius 3 is 2.17 bits per heavy atom. The number of ether oxygens (including phenoxy) is 3. The third-order valence-corrected chi connectivity index (χ3v) is 11.5. The molecular formula is C40H64FN4O7P. The second-order valence-corrected chi connectivity index (χ2v) is 16.5. The van der Waals surface area contributed by atoms with Crippen LogP contribution < -0.4 is 11.2 Å². The Balaban J connectivity index is 1.91. The molecule has 0 spiro atoms. The Labute approximate surface area is 317 Å². The predicted molar refractivity (Wildman–Crippen MR) is 208 cm³/mol. The van der Waals surface area contributed by atoms with Crippen molar-refractivity contribution in [2.45, 2.75) is 176 Å². The largest absolute Gasteiger partial charge is 0.346 e. The maximum absolute atomic E-state index is 15.4. The molecule has 0 amide bonds. The molecule has 2 saturated heterocycles. The maximum atomic E-state index is 15.4.